The van der Waals surface area contributed by atoms with Gasteiger partial charge in [0.15, 0.2) is 0 Å². The van der Waals surface area contributed by atoms with Gasteiger partial charge in [0.25, 0.3) is 11.8 Å². The number of carbonyl (C=O) groups excluding carboxylic acids is 2. The number of nitrogens with zero attached hydrogens (tertiary/aromatic N) is 8. The molecule has 24 aromatic rings. The Morgan fingerprint density at radius 2 is 0.553 bits per heavy atom. The van der Waals surface area contributed by atoms with Crippen LogP contribution in [-0.4, -0.2) is 51.7 Å². The van der Waals surface area contributed by atoms with Crippen molar-refractivity contribution in [3.05, 3.63) is 552 Å². The molecule has 6 N–H and O–H groups in total. The first-order chi connectivity index (χ1) is 74.1. The lowest BCUT2D eigenvalue weighted by Crippen LogP contribution is -2.13. The van der Waals surface area contributed by atoms with Crippen molar-refractivity contribution in [2.45, 2.75) is 38.5 Å². The van der Waals surface area contributed by atoms with Crippen LogP contribution in [0.1, 0.15) is 87.5 Å². The van der Waals surface area contributed by atoms with Crippen molar-refractivity contribution >= 4 is 78.0 Å². The molecule has 712 valence electrons. The Hall–Kier alpha value is -19.7. The quantitative estimate of drug-likeness (QED) is 0.0942. The summed E-state index contributed by atoms with van der Waals surface area (Å²) >= 11 is 0. The highest BCUT2D eigenvalue weighted by Crippen LogP contribution is 2.51. The van der Waals surface area contributed by atoms with Crippen molar-refractivity contribution in [3.8, 4) is 134 Å². The Morgan fingerprint density at radius 3 is 1.03 bits per heavy atom. The van der Waals surface area contributed by atoms with Gasteiger partial charge in [0.1, 0.15) is 0 Å². The number of nitrogen functional groups attached to an aromatic ring is 2. The minimum atomic E-state index is -0.134. The maximum atomic E-state index is 12.7. The Bertz CT molecular complexity index is 8880. The van der Waals surface area contributed by atoms with Gasteiger partial charge in [0, 0.05) is 103 Å². The van der Waals surface area contributed by atoms with E-state index >= 15 is 0 Å². The van der Waals surface area contributed by atoms with E-state index in [0.29, 0.717) is 11.1 Å². The van der Waals surface area contributed by atoms with Crippen LogP contribution in [0.15, 0.2) is 474 Å². The molecule has 16 aromatic carbocycles. The molecule has 8 heterocycles. The van der Waals surface area contributed by atoms with Gasteiger partial charge in [-0.3, -0.25) is 39.5 Å². The van der Waals surface area contributed by atoms with E-state index in [1.165, 1.54) is 166 Å². The Labute approximate surface area is 868 Å². The first-order valence-electron chi connectivity index (χ1n) is 50.6. The Kier molecular flexibility index (Phi) is 24.5. The average Bonchev–Trinajstić information content (AvgIpc) is 1.52. The van der Waals surface area contributed by atoms with E-state index in [1.807, 2.05) is 134 Å². The molecule has 0 radical (unpaired) electrons. The van der Waals surface area contributed by atoms with Crippen LogP contribution in [0.3, 0.4) is 0 Å². The van der Waals surface area contributed by atoms with Crippen LogP contribution < -0.4 is 22.1 Å². The number of amides is 2. The molecule has 14 heteroatoms. The molecule has 0 atom stereocenters. The Morgan fingerprint density at radius 1 is 0.213 bits per heavy atom. The predicted molar refractivity (Wildman–Crippen MR) is 611 cm³/mol. The molecule has 6 aliphatic rings. The second-order valence-corrected chi connectivity index (χ2v) is 38.1. The first-order valence-corrected chi connectivity index (χ1v) is 50.6. The van der Waals surface area contributed by atoms with E-state index in [-0.39, 0.29) is 11.8 Å². The zero-order valence-electron chi connectivity index (χ0n) is 81.8. The van der Waals surface area contributed by atoms with Crippen LogP contribution in [0, 0.1) is 0 Å². The fourth-order valence-corrected chi connectivity index (χ4v) is 22.6. The van der Waals surface area contributed by atoms with Crippen LogP contribution >= 0.6 is 0 Å². The summed E-state index contributed by atoms with van der Waals surface area (Å²) in [6, 6.07) is 143. The summed E-state index contributed by atoms with van der Waals surface area (Å²) in [5.74, 6) is -0.267. The molecule has 8 aromatic heterocycles. The van der Waals surface area contributed by atoms with Crippen LogP contribution in [0.4, 0.5) is 22.7 Å². The predicted octanol–water partition coefficient (Wildman–Crippen LogP) is 31.0. The number of pyridine rings is 8. The molecule has 0 fully saturated rings. The number of anilines is 4. The molecule has 6 aliphatic carbocycles. The lowest BCUT2D eigenvalue weighted by atomic mass is 9.94. The summed E-state index contributed by atoms with van der Waals surface area (Å²) in [6.07, 6.45) is 21.8. The van der Waals surface area contributed by atoms with Crippen molar-refractivity contribution in [1.82, 2.24) is 39.9 Å². The lowest BCUT2D eigenvalue weighted by Gasteiger charge is -2.14. The minimum absolute atomic E-state index is 0.134. The summed E-state index contributed by atoms with van der Waals surface area (Å²) in [7, 11) is 0. The number of nitrogens with one attached hydrogen (secondary N) is 2. The van der Waals surface area contributed by atoms with Gasteiger partial charge >= 0.3 is 0 Å². The summed E-state index contributed by atoms with van der Waals surface area (Å²) in [4.78, 5) is 61.8. The third-order valence-corrected chi connectivity index (χ3v) is 29.5. The average molecular weight is 1930 g/mol. The van der Waals surface area contributed by atoms with Gasteiger partial charge in [-0.05, 0) is 267 Å². The topological polar surface area (TPSA) is 213 Å². The minimum Gasteiger partial charge on any atom is -0.397 e. The van der Waals surface area contributed by atoms with Crippen molar-refractivity contribution in [2.75, 3.05) is 22.1 Å². The van der Waals surface area contributed by atoms with Crippen molar-refractivity contribution < 1.29 is 9.59 Å². The van der Waals surface area contributed by atoms with E-state index in [2.05, 4.69) is 339 Å². The smallest absolute Gasteiger partial charge is 0.255 e. The summed E-state index contributed by atoms with van der Waals surface area (Å²) < 4.78 is 0. The number of benzene rings is 16. The largest absolute Gasteiger partial charge is 0.397 e. The van der Waals surface area contributed by atoms with Gasteiger partial charge in [-0.1, -0.05) is 340 Å². The Balaban J connectivity index is 0.0000000936. The van der Waals surface area contributed by atoms with Crippen LogP contribution in [0.2, 0.25) is 0 Å². The van der Waals surface area contributed by atoms with Gasteiger partial charge in [0.2, 0.25) is 0 Å². The molecule has 14 nitrogen and oxygen atoms in total. The van der Waals surface area contributed by atoms with E-state index in [4.69, 9.17) is 26.4 Å². The van der Waals surface area contributed by atoms with E-state index in [0.717, 1.165) is 140 Å². The third-order valence-electron chi connectivity index (χ3n) is 29.5. The standard InChI is InChI=1S/2C25H18N2O.2C25H16N2.2C18H14N2/c28-25(17-8-2-1-3-9-17)27-23-14-7-15-26-24(23)21-13-6-12-20-19-11-5-4-10-18(19)16-22(20)21;28-25(17-7-2-1-3-8-17)27-24-16-26-14-13-22(24)21-12-6-11-20-19-10-5-4-9-18(19)15-23(20)21;1-2-7-16(8-3-1)24-20-13-12-19-18-10-5-4-9-17(18)15-21(19)23(20)25-22(27-24)11-6-14-26-25;1-2-6-16(7-3-1)25-21-11-10-19-18-9-5-4-8-17(18)14-22(19)24(21)20-12-13-26-15-23(20)27-25;19-17-9-4-10-20-18(17)15-8-3-7-14-13-6-2-1-5-12(13)11-16(14)15;19-18-11-20-9-8-16(18)15-7-3-6-14-13-5-2-1-4-12(13)10-17(14)15/h1-15H,16H2,(H,27,28);1-14,16H,15H2,(H,27,28);1-14H,15H2;1-13,15H,14H2;1-10H,11,19H2;1-9,11H,10,19H2. The highest BCUT2D eigenvalue weighted by molar-refractivity contribution is 6.17. The summed E-state index contributed by atoms with van der Waals surface area (Å²) in [6.45, 7) is 0. The zero-order chi connectivity index (χ0) is 100. The third kappa shape index (κ3) is 17.3. The molecule has 30 rings (SSSR count). The molecule has 2 amide bonds. The molecule has 0 spiro atoms. The molecule has 0 saturated carbocycles. The number of hydrogen-bond donors (Lipinski definition) is 4. The molecular weight excluding hydrogens is 1830 g/mol. The molecule has 150 heavy (non-hydrogen) atoms. The van der Waals surface area contributed by atoms with Crippen molar-refractivity contribution in [1.29, 1.82) is 0 Å². The highest BCUT2D eigenvalue weighted by atomic mass is 16.2. The van der Waals surface area contributed by atoms with Crippen LogP contribution in [0.5, 0.6) is 0 Å². The summed E-state index contributed by atoms with van der Waals surface area (Å²) in [5.41, 5.74) is 64.0. The van der Waals surface area contributed by atoms with Crippen LogP contribution in [0.25, 0.3) is 178 Å². The number of carbonyl (C=O) groups is 2. The number of nitrogens with two attached hydrogens (primary N) is 2. The van der Waals surface area contributed by atoms with Gasteiger partial charge in [-0.15, -0.1) is 0 Å². The maximum absolute atomic E-state index is 12.7. The normalized spacial score (nSPS) is 11.9. The first kappa shape index (κ1) is 91.5. The molecule has 0 unspecified atom stereocenters. The second-order valence-electron chi connectivity index (χ2n) is 38.1. The van der Waals surface area contributed by atoms with E-state index < -0.39 is 0 Å². The van der Waals surface area contributed by atoms with E-state index in [9.17, 15) is 9.59 Å². The number of rotatable bonds is 10. The monoisotopic (exact) mass is 1930 g/mol. The molecular formula is C136H96N12O2. The van der Waals surface area contributed by atoms with E-state index in [1.54, 1.807) is 37.2 Å². The van der Waals surface area contributed by atoms with Gasteiger partial charge < -0.3 is 22.1 Å². The SMILES string of the molecule is Nc1cccnc1-c1cccc2c1Cc1ccccc1-2.Nc1cnccc1-c1cccc2c1Cc1ccccc1-2.O=C(Nc1cccnc1-c1cccc2c1Cc1ccccc1-2)c1ccccc1.O=C(Nc1cnccc1-c1cccc2c1Cc1ccccc1-2)c1ccccc1.c1ccc(-c2nc3cccnc3c3c4c(ccc23)-c2ccccc2C4)cc1.c1ccc(-c2nc3cnccc3c3c4c(ccc23)-c2ccccc2C4)cc1. The highest BCUT2D eigenvalue weighted by Gasteiger charge is 2.31. The van der Waals surface area contributed by atoms with Crippen molar-refractivity contribution in [3.63, 3.8) is 0 Å². The fraction of sp³-hybridized carbons (Fsp3) is 0.0441. The summed E-state index contributed by atoms with van der Waals surface area (Å²) in [5, 5.41) is 12.2. The molecule has 0 saturated heterocycles. The molecule has 0 bridgehead atoms. The van der Waals surface area contributed by atoms with Gasteiger partial charge in [-0.25, -0.2) is 9.97 Å². The molecule has 0 aliphatic heterocycles. The van der Waals surface area contributed by atoms with Gasteiger partial charge in [0.05, 0.1) is 80.7 Å². The second kappa shape index (κ2) is 40.1. The maximum Gasteiger partial charge on any atom is 0.255 e. The number of aromatic nitrogens is 8. The number of fused-ring (bicyclic) bond motifs is 26. The lowest BCUT2D eigenvalue weighted by molar-refractivity contribution is 0.101. The van der Waals surface area contributed by atoms with Crippen molar-refractivity contribution in [2.24, 2.45) is 0 Å². The van der Waals surface area contributed by atoms with Crippen LogP contribution in [-0.2, 0) is 38.5 Å². The van der Waals surface area contributed by atoms with Gasteiger partial charge in [-0.2, -0.15) is 0 Å². The number of hydrogen-bond acceptors (Lipinski definition) is 12. The fourth-order valence-electron chi connectivity index (χ4n) is 22.6. The zero-order valence-corrected chi connectivity index (χ0v) is 81.8.